The molecule has 0 rings (SSSR count). The summed E-state index contributed by atoms with van der Waals surface area (Å²) in [6.07, 6.45) is 1.66. The minimum Gasteiger partial charge on any atom is -0.314 e. The predicted octanol–water partition coefficient (Wildman–Crippen LogP) is 1.67. The normalized spacial score (nSPS) is 13.2. The molecule has 6 heteroatoms. The number of rotatable bonds is 10. The first kappa shape index (κ1) is 18.8. The lowest BCUT2D eigenvalue weighted by atomic mass is 10.3. The number of hydrogen-bond acceptors (Lipinski definition) is 3. The molecule has 0 unspecified atom stereocenters. The molecule has 0 aromatic heterocycles. The summed E-state index contributed by atoms with van der Waals surface area (Å²) in [6, 6.07) is 0.440. The van der Waals surface area contributed by atoms with Crippen molar-refractivity contribution in [3.8, 4) is 0 Å². The van der Waals surface area contributed by atoms with Crippen molar-refractivity contribution in [3.63, 3.8) is 0 Å². The first-order chi connectivity index (χ1) is 8.73. The number of nitrogens with zero attached hydrogens (tertiary/aromatic N) is 2. The summed E-state index contributed by atoms with van der Waals surface area (Å²) in [5.41, 5.74) is 0. The molecule has 0 aliphatic carbocycles. The van der Waals surface area contributed by atoms with E-state index in [0.29, 0.717) is 19.1 Å². The van der Waals surface area contributed by atoms with Crippen molar-refractivity contribution in [1.29, 1.82) is 0 Å². The summed E-state index contributed by atoms with van der Waals surface area (Å²) in [4.78, 5) is 0. The maximum Gasteiger partial charge on any atom is 0.281 e. The van der Waals surface area contributed by atoms with Gasteiger partial charge in [-0.05, 0) is 33.2 Å². The summed E-state index contributed by atoms with van der Waals surface area (Å²) in [6.45, 7) is 12.0. The number of hydrogen-bond donors (Lipinski definition) is 1. The maximum absolute atomic E-state index is 12.4. The molecule has 0 aliphatic rings. The van der Waals surface area contributed by atoms with Crippen molar-refractivity contribution in [2.24, 2.45) is 0 Å². The van der Waals surface area contributed by atoms with E-state index < -0.39 is 10.2 Å². The monoisotopic (exact) mass is 293 g/mol. The van der Waals surface area contributed by atoms with E-state index in [4.69, 9.17) is 0 Å². The fourth-order valence-corrected chi connectivity index (χ4v) is 3.51. The molecule has 5 nitrogen and oxygen atoms in total. The molecule has 0 spiro atoms. The molecular weight excluding hydrogens is 262 g/mol. The van der Waals surface area contributed by atoms with E-state index in [1.807, 2.05) is 20.8 Å². The van der Waals surface area contributed by atoms with Crippen LogP contribution in [0.3, 0.4) is 0 Å². The van der Waals surface area contributed by atoms with Crippen LogP contribution < -0.4 is 5.32 Å². The average Bonchev–Trinajstić information content (AvgIpc) is 2.30. The van der Waals surface area contributed by atoms with Gasteiger partial charge >= 0.3 is 0 Å². The predicted molar refractivity (Wildman–Crippen MR) is 81.4 cm³/mol. The minimum atomic E-state index is -3.32. The zero-order chi connectivity index (χ0) is 15.1. The van der Waals surface area contributed by atoms with Crippen molar-refractivity contribution in [2.45, 2.75) is 59.5 Å². The van der Waals surface area contributed by atoms with Gasteiger partial charge in [-0.2, -0.15) is 17.0 Å². The Kier molecular flexibility index (Phi) is 8.81. The van der Waals surface area contributed by atoms with Gasteiger partial charge in [0.2, 0.25) is 0 Å². The Hall–Kier alpha value is -0.170. The van der Waals surface area contributed by atoms with Crippen molar-refractivity contribution in [1.82, 2.24) is 13.9 Å². The SMILES string of the molecule is CCCN(C(C)C)S(=O)(=O)N(C)CCCNC(C)C. The van der Waals surface area contributed by atoms with Gasteiger partial charge in [0, 0.05) is 32.2 Å². The summed E-state index contributed by atoms with van der Waals surface area (Å²) in [5, 5.41) is 3.29. The fraction of sp³-hybridized carbons (Fsp3) is 1.00. The molecule has 0 aromatic carbocycles. The molecule has 0 saturated carbocycles. The summed E-state index contributed by atoms with van der Waals surface area (Å²) in [5.74, 6) is 0. The topological polar surface area (TPSA) is 52.7 Å². The molecule has 0 saturated heterocycles. The fourth-order valence-electron chi connectivity index (χ4n) is 1.85. The quantitative estimate of drug-likeness (QED) is 0.623. The smallest absolute Gasteiger partial charge is 0.281 e. The van der Waals surface area contributed by atoms with Crippen molar-refractivity contribution in [2.75, 3.05) is 26.7 Å². The second-order valence-corrected chi connectivity index (χ2v) is 7.48. The first-order valence-corrected chi connectivity index (χ1v) is 8.59. The third-order valence-electron chi connectivity index (χ3n) is 2.91. The Morgan fingerprint density at radius 2 is 1.68 bits per heavy atom. The van der Waals surface area contributed by atoms with E-state index in [1.54, 1.807) is 11.4 Å². The van der Waals surface area contributed by atoms with Crippen LogP contribution >= 0.6 is 0 Å². The van der Waals surface area contributed by atoms with Crippen LogP contribution in [0.15, 0.2) is 0 Å². The van der Waals surface area contributed by atoms with Crippen molar-refractivity contribution < 1.29 is 8.42 Å². The second kappa shape index (κ2) is 8.89. The van der Waals surface area contributed by atoms with Crippen LogP contribution in [0.25, 0.3) is 0 Å². The van der Waals surface area contributed by atoms with Gasteiger partial charge in [0.1, 0.15) is 0 Å². The molecule has 116 valence electrons. The van der Waals surface area contributed by atoms with E-state index in [2.05, 4.69) is 19.2 Å². The minimum absolute atomic E-state index is 0.00110. The number of nitrogens with one attached hydrogen (secondary N) is 1. The van der Waals surface area contributed by atoms with Gasteiger partial charge < -0.3 is 5.32 Å². The summed E-state index contributed by atoms with van der Waals surface area (Å²) < 4.78 is 27.9. The molecule has 0 atom stereocenters. The molecule has 0 fully saturated rings. The van der Waals surface area contributed by atoms with Crippen LogP contribution in [-0.4, -0.2) is 55.8 Å². The molecule has 0 aromatic rings. The highest BCUT2D eigenvalue weighted by atomic mass is 32.2. The van der Waals surface area contributed by atoms with Crippen LogP contribution in [0.5, 0.6) is 0 Å². The zero-order valence-corrected chi connectivity index (χ0v) is 14.1. The van der Waals surface area contributed by atoms with E-state index in [1.165, 1.54) is 4.31 Å². The second-order valence-electron chi connectivity index (χ2n) is 5.50. The van der Waals surface area contributed by atoms with Crippen LogP contribution in [-0.2, 0) is 10.2 Å². The van der Waals surface area contributed by atoms with E-state index in [9.17, 15) is 8.42 Å². The van der Waals surface area contributed by atoms with Crippen LogP contribution in [0.2, 0.25) is 0 Å². The largest absolute Gasteiger partial charge is 0.314 e. The maximum atomic E-state index is 12.4. The van der Waals surface area contributed by atoms with Gasteiger partial charge in [0.15, 0.2) is 0 Å². The van der Waals surface area contributed by atoms with Gasteiger partial charge in [0.05, 0.1) is 0 Å². The Balaban J connectivity index is 4.44. The molecule has 0 heterocycles. The van der Waals surface area contributed by atoms with Gasteiger partial charge in [-0.1, -0.05) is 20.8 Å². The van der Waals surface area contributed by atoms with Crippen LogP contribution in [0, 0.1) is 0 Å². The van der Waals surface area contributed by atoms with Crippen molar-refractivity contribution >= 4 is 10.2 Å². The van der Waals surface area contributed by atoms with Crippen LogP contribution in [0.4, 0.5) is 0 Å². The molecule has 0 aliphatic heterocycles. The lowest BCUT2D eigenvalue weighted by Crippen LogP contribution is -2.46. The molecule has 0 bridgehead atoms. The highest BCUT2D eigenvalue weighted by molar-refractivity contribution is 7.86. The average molecular weight is 293 g/mol. The molecule has 0 amide bonds. The van der Waals surface area contributed by atoms with Crippen LogP contribution in [0.1, 0.15) is 47.5 Å². The summed E-state index contributed by atoms with van der Waals surface area (Å²) in [7, 11) is -1.66. The summed E-state index contributed by atoms with van der Waals surface area (Å²) >= 11 is 0. The van der Waals surface area contributed by atoms with Crippen molar-refractivity contribution in [3.05, 3.63) is 0 Å². The lowest BCUT2D eigenvalue weighted by Gasteiger charge is -2.30. The zero-order valence-electron chi connectivity index (χ0n) is 13.3. The Morgan fingerprint density at radius 1 is 1.11 bits per heavy atom. The third-order valence-corrected chi connectivity index (χ3v) is 5.08. The Labute approximate surface area is 119 Å². The molecule has 19 heavy (non-hydrogen) atoms. The van der Waals surface area contributed by atoms with Gasteiger partial charge in [-0.3, -0.25) is 0 Å². The third kappa shape index (κ3) is 6.70. The standard InChI is InChI=1S/C13H31N3O2S/c1-7-10-16(13(4)5)19(17,18)15(6)11-8-9-14-12(2)3/h12-14H,7-11H2,1-6H3. The van der Waals surface area contributed by atoms with E-state index in [0.717, 1.165) is 19.4 Å². The molecule has 1 N–H and O–H groups in total. The van der Waals surface area contributed by atoms with E-state index in [-0.39, 0.29) is 6.04 Å². The Bertz CT molecular complexity index is 329. The molecular formula is C13H31N3O2S. The van der Waals surface area contributed by atoms with Gasteiger partial charge in [-0.25, -0.2) is 0 Å². The van der Waals surface area contributed by atoms with E-state index >= 15 is 0 Å². The molecule has 0 radical (unpaired) electrons. The van der Waals surface area contributed by atoms with Gasteiger partial charge in [-0.15, -0.1) is 0 Å². The highest BCUT2D eigenvalue weighted by Gasteiger charge is 2.27. The Morgan fingerprint density at radius 3 is 2.11 bits per heavy atom. The van der Waals surface area contributed by atoms with Gasteiger partial charge in [0.25, 0.3) is 10.2 Å². The lowest BCUT2D eigenvalue weighted by molar-refractivity contribution is 0.316. The highest BCUT2D eigenvalue weighted by Crippen LogP contribution is 2.12. The first-order valence-electron chi connectivity index (χ1n) is 7.20.